The normalized spacial score (nSPS) is 9.00. The molecule has 3 nitrogen and oxygen atoms in total. The van der Waals surface area contributed by atoms with Gasteiger partial charge in [-0.2, -0.15) is 5.26 Å². The van der Waals surface area contributed by atoms with Crippen LogP contribution in [0.15, 0.2) is 18.2 Å². The third-order valence-electron chi connectivity index (χ3n) is 1.35. The van der Waals surface area contributed by atoms with Crippen molar-refractivity contribution in [3.8, 4) is 6.19 Å². The second-order valence-electron chi connectivity index (χ2n) is 2.19. The van der Waals surface area contributed by atoms with Gasteiger partial charge in [0.05, 0.1) is 10.6 Å². The molecule has 0 atom stereocenters. The molecule has 0 aliphatic heterocycles. The first-order valence-electron chi connectivity index (χ1n) is 3.29. The first-order chi connectivity index (χ1) is 6.15. The number of halogens is 2. The van der Waals surface area contributed by atoms with Gasteiger partial charge in [-0.25, -0.2) is 4.39 Å². The number of benzene rings is 1. The second kappa shape index (κ2) is 3.87. The number of rotatable bonds is 1. The number of nitrogens with one attached hydrogen (secondary N) is 1. The zero-order valence-electron chi connectivity index (χ0n) is 6.34. The standard InChI is InChI=1S/C8H4ClFN2O/c9-7-3-5(10)1-2-6(7)8(13)12-4-11/h1-3H,(H,12,13). The molecule has 5 heteroatoms. The van der Waals surface area contributed by atoms with E-state index < -0.39 is 11.7 Å². The molecule has 0 spiro atoms. The monoisotopic (exact) mass is 198 g/mol. The summed E-state index contributed by atoms with van der Waals surface area (Å²) in [6.45, 7) is 0. The summed E-state index contributed by atoms with van der Waals surface area (Å²) in [5.74, 6) is -1.17. The highest BCUT2D eigenvalue weighted by molar-refractivity contribution is 6.33. The minimum Gasteiger partial charge on any atom is -0.268 e. The topological polar surface area (TPSA) is 52.9 Å². The van der Waals surface area contributed by atoms with E-state index >= 15 is 0 Å². The molecule has 1 aromatic carbocycles. The van der Waals surface area contributed by atoms with Crippen molar-refractivity contribution >= 4 is 17.5 Å². The molecular weight excluding hydrogens is 195 g/mol. The molecule has 1 N–H and O–H groups in total. The van der Waals surface area contributed by atoms with Crippen LogP contribution in [0.1, 0.15) is 10.4 Å². The van der Waals surface area contributed by atoms with Gasteiger partial charge in [0.1, 0.15) is 5.82 Å². The van der Waals surface area contributed by atoms with Crippen LogP contribution in [0.3, 0.4) is 0 Å². The highest BCUT2D eigenvalue weighted by atomic mass is 35.5. The van der Waals surface area contributed by atoms with E-state index in [-0.39, 0.29) is 10.6 Å². The average molecular weight is 199 g/mol. The van der Waals surface area contributed by atoms with Crippen molar-refractivity contribution in [2.75, 3.05) is 0 Å². The van der Waals surface area contributed by atoms with Gasteiger partial charge in [-0.15, -0.1) is 0 Å². The summed E-state index contributed by atoms with van der Waals surface area (Å²) in [6, 6.07) is 3.32. The van der Waals surface area contributed by atoms with E-state index in [1.807, 2.05) is 5.32 Å². The Morgan fingerprint density at radius 1 is 1.62 bits per heavy atom. The van der Waals surface area contributed by atoms with Crippen LogP contribution in [-0.4, -0.2) is 5.91 Å². The van der Waals surface area contributed by atoms with Gasteiger partial charge in [-0.3, -0.25) is 10.1 Å². The van der Waals surface area contributed by atoms with E-state index in [0.717, 1.165) is 12.1 Å². The predicted octanol–water partition coefficient (Wildman–Crippen LogP) is 1.69. The Balaban J connectivity index is 3.03. The van der Waals surface area contributed by atoms with Crippen LogP contribution in [0.5, 0.6) is 0 Å². The van der Waals surface area contributed by atoms with Crippen LogP contribution < -0.4 is 5.32 Å². The number of hydrogen-bond donors (Lipinski definition) is 1. The van der Waals surface area contributed by atoms with Crippen LogP contribution in [-0.2, 0) is 0 Å². The van der Waals surface area contributed by atoms with Crippen LogP contribution in [0.25, 0.3) is 0 Å². The lowest BCUT2D eigenvalue weighted by Gasteiger charge is -1.99. The average Bonchev–Trinajstić information content (AvgIpc) is 2.04. The van der Waals surface area contributed by atoms with Gasteiger partial charge in [0.2, 0.25) is 0 Å². The summed E-state index contributed by atoms with van der Waals surface area (Å²) in [7, 11) is 0. The summed E-state index contributed by atoms with van der Waals surface area (Å²) in [6.07, 6.45) is 1.46. The number of nitrogens with zero attached hydrogens (tertiary/aromatic N) is 1. The Hall–Kier alpha value is -1.60. The quantitative estimate of drug-likeness (QED) is 0.552. The fourth-order valence-corrected chi connectivity index (χ4v) is 1.04. The molecule has 1 aromatic rings. The van der Waals surface area contributed by atoms with Crippen LogP contribution >= 0.6 is 11.6 Å². The Labute approximate surface area is 78.7 Å². The van der Waals surface area contributed by atoms with Gasteiger partial charge >= 0.3 is 0 Å². The minimum atomic E-state index is -0.646. The number of carbonyl (C=O) groups is 1. The predicted molar refractivity (Wildman–Crippen MR) is 44.5 cm³/mol. The van der Waals surface area contributed by atoms with Crippen LogP contribution in [0.4, 0.5) is 4.39 Å². The number of hydrogen-bond acceptors (Lipinski definition) is 2. The number of carbonyl (C=O) groups excluding carboxylic acids is 1. The van der Waals surface area contributed by atoms with Crippen LogP contribution in [0.2, 0.25) is 5.02 Å². The highest BCUT2D eigenvalue weighted by Gasteiger charge is 2.09. The van der Waals surface area contributed by atoms with Crippen molar-refractivity contribution in [1.29, 1.82) is 5.26 Å². The van der Waals surface area contributed by atoms with Gasteiger partial charge in [0.25, 0.3) is 5.91 Å². The fourth-order valence-electron chi connectivity index (χ4n) is 0.792. The lowest BCUT2D eigenvalue weighted by molar-refractivity contribution is 0.0973. The SMILES string of the molecule is N#CNC(=O)c1ccc(F)cc1Cl. The maximum Gasteiger partial charge on any atom is 0.265 e. The molecule has 13 heavy (non-hydrogen) atoms. The molecular formula is C8H4ClFN2O. The van der Waals surface area contributed by atoms with Crippen molar-refractivity contribution in [2.45, 2.75) is 0 Å². The number of amides is 1. The molecule has 0 bridgehead atoms. The third-order valence-corrected chi connectivity index (χ3v) is 1.66. The molecule has 0 unspecified atom stereocenters. The zero-order chi connectivity index (χ0) is 9.84. The fraction of sp³-hybridized carbons (Fsp3) is 0. The summed E-state index contributed by atoms with van der Waals surface area (Å²) >= 11 is 5.55. The van der Waals surface area contributed by atoms with Crippen LogP contribution in [0, 0.1) is 17.3 Å². The molecule has 0 radical (unpaired) electrons. The van der Waals surface area contributed by atoms with Crippen molar-refractivity contribution in [2.24, 2.45) is 0 Å². The van der Waals surface area contributed by atoms with E-state index in [2.05, 4.69) is 0 Å². The molecule has 0 heterocycles. The molecule has 66 valence electrons. The van der Waals surface area contributed by atoms with Crippen molar-refractivity contribution in [3.63, 3.8) is 0 Å². The zero-order valence-corrected chi connectivity index (χ0v) is 7.10. The Morgan fingerprint density at radius 2 is 2.31 bits per heavy atom. The lowest BCUT2D eigenvalue weighted by atomic mass is 10.2. The molecule has 0 saturated carbocycles. The summed E-state index contributed by atoms with van der Waals surface area (Å²) < 4.78 is 12.5. The smallest absolute Gasteiger partial charge is 0.265 e. The molecule has 0 aliphatic carbocycles. The van der Waals surface area contributed by atoms with E-state index in [9.17, 15) is 9.18 Å². The van der Waals surface area contributed by atoms with Gasteiger partial charge in [-0.1, -0.05) is 11.6 Å². The third kappa shape index (κ3) is 2.17. The Kier molecular flexibility index (Phi) is 2.83. The number of nitriles is 1. The van der Waals surface area contributed by atoms with E-state index in [4.69, 9.17) is 16.9 Å². The molecule has 0 aliphatic rings. The Morgan fingerprint density at radius 3 is 2.85 bits per heavy atom. The maximum absolute atomic E-state index is 12.5. The van der Waals surface area contributed by atoms with Gasteiger partial charge in [-0.05, 0) is 18.2 Å². The molecule has 0 fully saturated rings. The minimum absolute atomic E-state index is 0.0206. The summed E-state index contributed by atoms with van der Waals surface area (Å²) in [4.78, 5) is 11.0. The molecule has 0 aromatic heterocycles. The van der Waals surface area contributed by atoms with E-state index in [1.54, 1.807) is 0 Å². The van der Waals surface area contributed by atoms with Gasteiger partial charge in [0.15, 0.2) is 6.19 Å². The van der Waals surface area contributed by atoms with Gasteiger partial charge < -0.3 is 0 Å². The lowest BCUT2D eigenvalue weighted by Crippen LogP contribution is -2.17. The highest BCUT2D eigenvalue weighted by Crippen LogP contribution is 2.16. The Bertz CT molecular complexity index is 386. The van der Waals surface area contributed by atoms with Crippen molar-refractivity contribution in [1.82, 2.24) is 5.32 Å². The first-order valence-corrected chi connectivity index (χ1v) is 3.67. The van der Waals surface area contributed by atoms with Crippen molar-refractivity contribution in [3.05, 3.63) is 34.6 Å². The summed E-state index contributed by atoms with van der Waals surface area (Å²) in [5.41, 5.74) is 0.0737. The second-order valence-corrected chi connectivity index (χ2v) is 2.60. The first kappa shape index (κ1) is 9.49. The van der Waals surface area contributed by atoms with Crippen molar-refractivity contribution < 1.29 is 9.18 Å². The van der Waals surface area contributed by atoms with E-state index in [1.165, 1.54) is 12.3 Å². The molecule has 0 saturated heterocycles. The molecule has 1 rings (SSSR count). The molecule has 1 amide bonds. The maximum atomic E-state index is 12.5. The summed E-state index contributed by atoms with van der Waals surface area (Å²) in [5, 5.41) is 10.0. The van der Waals surface area contributed by atoms with E-state index in [0.29, 0.717) is 0 Å². The van der Waals surface area contributed by atoms with Gasteiger partial charge in [0, 0.05) is 0 Å². The largest absolute Gasteiger partial charge is 0.268 e.